The molecule has 0 bridgehead atoms. The van der Waals surface area contributed by atoms with Crippen molar-refractivity contribution in [2.45, 2.75) is 31.7 Å². The van der Waals surface area contributed by atoms with E-state index < -0.39 is 0 Å². The monoisotopic (exact) mass is 235 g/mol. The summed E-state index contributed by atoms with van der Waals surface area (Å²) in [5, 5.41) is 3.67. The Hall–Kier alpha value is -0.470. The van der Waals surface area contributed by atoms with Gasteiger partial charge < -0.3 is 5.32 Å². The van der Waals surface area contributed by atoms with Crippen LogP contribution in [0.15, 0.2) is 30.3 Å². The van der Waals surface area contributed by atoms with E-state index in [2.05, 4.69) is 47.4 Å². The summed E-state index contributed by atoms with van der Waals surface area (Å²) < 4.78 is 0. The SMILES string of the molecule is c1ccc(CCCNC2CCCSC2)cc1. The fourth-order valence-corrected chi connectivity index (χ4v) is 3.25. The molecule has 16 heavy (non-hydrogen) atoms. The lowest BCUT2D eigenvalue weighted by atomic mass is 10.1. The minimum absolute atomic E-state index is 0.773. The lowest BCUT2D eigenvalue weighted by Crippen LogP contribution is -2.34. The third-order valence-electron chi connectivity index (χ3n) is 3.08. The summed E-state index contributed by atoms with van der Waals surface area (Å²) in [5.41, 5.74) is 1.46. The van der Waals surface area contributed by atoms with Crippen LogP contribution >= 0.6 is 11.8 Å². The molecule has 1 atom stereocenters. The van der Waals surface area contributed by atoms with Crippen LogP contribution in [0.4, 0.5) is 0 Å². The minimum atomic E-state index is 0.773. The van der Waals surface area contributed by atoms with Crippen molar-refractivity contribution in [1.29, 1.82) is 0 Å². The molecule has 0 radical (unpaired) electrons. The van der Waals surface area contributed by atoms with Crippen molar-refractivity contribution in [3.63, 3.8) is 0 Å². The zero-order valence-electron chi connectivity index (χ0n) is 9.82. The number of hydrogen-bond acceptors (Lipinski definition) is 2. The maximum absolute atomic E-state index is 3.67. The molecule has 1 aliphatic rings. The van der Waals surface area contributed by atoms with Gasteiger partial charge in [-0.1, -0.05) is 30.3 Å². The fourth-order valence-electron chi connectivity index (χ4n) is 2.15. The van der Waals surface area contributed by atoms with E-state index in [1.807, 2.05) is 0 Å². The second kappa shape index (κ2) is 6.97. The Bertz CT molecular complexity index is 280. The third-order valence-corrected chi connectivity index (χ3v) is 4.29. The van der Waals surface area contributed by atoms with Crippen molar-refractivity contribution >= 4 is 11.8 Å². The van der Waals surface area contributed by atoms with Crippen molar-refractivity contribution in [3.8, 4) is 0 Å². The fraction of sp³-hybridized carbons (Fsp3) is 0.571. The Labute approximate surface area is 103 Å². The lowest BCUT2D eigenvalue weighted by molar-refractivity contribution is 0.501. The van der Waals surface area contributed by atoms with Crippen LogP contribution in [0.3, 0.4) is 0 Å². The van der Waals surface area contributed by atoms with E-state index in [4.69, 9.17) is 0 Å². The minimum Gasteiger partial charge on any atom is -0.313 e. The van der Waals surface area contributed by atoms with Gasteiger partial charge in [0.05, 0.1) is 0 Å². The molecule has 0 aliphatic carbocycles. The molecule has 0 amide bonds. The maximum Gasteiger partial charge on any atom is 0.0158 e. The molecule has 1 aromatic carbocycles. The van der Waals surface area contributed by atoms with Crippen molar-refractivity contribution in [2.75, 3.05) is 18.1 Å². The summed E-state index contributed by atoms with van der Waals surface area (Å²) >= 11 is 2.09. The van der Waals surface area contributed by atoms with Gasteiger partial charge in [0, 0.05) is 11.8 Å². The maximum atomic E-state index is 3.67. The highest BCUT2D eigenvalue weighted by molar-refractivity contribution is 7.99. The van der Waals surface area contributed by atoms with E-state index in [1.54, 1.807) is 0 Å². The first-order valence-corrected chi connectivity index (χ1v) is 7.46. The van der Waals surface area contributed by atoms with Gasteiger partial charge in [-0.15, -0.1) is 0 Å². The third kappa shape index (κ3) is 4.18. The predicted molar refractivity (Wildman–Crippen MR) is 73.1 cm³/mol. The largest absolute Gasteiger partial charge is 0.313 e. The quantitative estimate of drug-likeness (QED) is 0.787. The molecule has 0 aromatic heterocycles. The van der Waals surface area contributed by atoms with Crippen LogP contribution in [0.1, 0.15) is 24.8 Å². The lowest BCUT2D eigenvalue weighted by Gasteiger charge is -2.22. The van der Waals surface area contributed by atoms with Gasteiger partial charge in [0.15, 0.2) is 0 Å². The van der Waals surface area contributed by atoms with Crippen LogP contribution in [0, 0.1) is 0 Å². The highest BCUT2D eigenvalue weighted by Gasteiger charge is 2.11. The molecule has 1 fully saturated rings. The molecule has 1 aliphatic heterocycles. The molecule has 2 heteroatoms. The summed E-state index contributed by atoms with van der Waals surface area (Å²) in [6, 6.07) is 11.5. The molecule has 1 saturated heterocycles. The number of hydrogen-bond donors (Lipinski definition) is 1. The zero-order chi connectivity index (χ0) is 11.1. The van der Waals surface area contributed by atoms with Gasteiger partial charge in [-0.05, 0) is 43.5 Å². The molecule has 1 aromatic rings. The predicted octanol–water partition coefficient (Wildman–Crippen LogP) is 3.10. The first-order valence-electron chi connectivity index (χ1n) is 6.30. The molecular formula is C14H21NS. The Morgan fingerprint density at radius 2 is 2.12 bits per heavy atom. The van der Waals surface area contributed by atoms with Gasteiger partial charge in [-0.25, -0.2) is 0 Å². The number of thioether (sulfide) groups is 1. The molecule has 0 spiro atoms. The number of aryl methyl sites for hydroxylation is 1. The number of rotatable bonds is 5. The van der Waals surface area contributed by atoms with Crippen molar-refractivity contribution in [3.05, 3.63) is 35.9 Å². The molecule has 1 N–H and O–H groups in total. The van der Waals surface area contributed by atoms with Gasteiger partial charge in [0.2, 0.25) is 0 Å². The average molecular weight is 235 g/mol. The summed E-state index contributed by atoms with van der Waals surface area (Å²) in [5.74, 6) is 2.67. The smallest absolute Gasteiger partial charge is 0.0158 e. The zero-order valence-corrected chi connectivity index (χ0v) is 10.6. The molecule has 1 unspecified atom stereocenters. The van der Waals surface area contributed by atoms with Crippen LogP contribution in [-0.2, 0) is 6.42 Å². The molecule has 0 saturated carbocycles. The summed E-state index contributed by atoms with van der Waals surface area (Å²) in [7, 11) is 0. The first-order chi connectivity index (χ1) is 7.95. The van der Waals surface area contributed by atoms with E-state index >= 15 is 0 Å². The summed E-state index contributed by atoms with van der Waals surface area (Å²) in [6.45, 7) is 1.17. The average Bonchev–Trinajstić information content (AvgIpc) is 2.37. The van der Waals surface area contributed by atoms with E-state index in [0.717, 1.165) is 6.04 Å². The van der Waals surface area contributed by atoms with Gasteiger partial charge in [0.1, 0.15) is 0 Å². The Morgan fingerprint density at radius 3 is 2.88 bits per heavy atom. The van der Waals surface area contributed by atoms with E-state index in [-0.39, 0.29) is 0 Å². The van der Waals surface area contributed by atoms with Gasteiger partial charge >= 0.3 is 0 Å². The van der Waals surface area contributed by atoms with Crippen LogP contribution in [0.25, 0.3) is 0 Å². The first kappa shape index (κ1) is 12.0. The van der Waals surface area contributed by atoms with Gasteiger partial charge in [-0.3, -0.25) is 0 Å². The Morgan fingerprint density at radius 1 is 1.25 bits per heavy atom. The van der Waals surface area contributed by atoms with Crippen molar-refractivity contribution in [2.24, 2.45) is 0 Å². The van der Waals surface area contributed by atoms with Crippen LogP contribution in [-0.4, -0.2) is 24.1 Å². The van der Waals surface area contributed by atoms with E-state index in [9.17, 15) is 0 Å². The summed E-state index contributed by atoms with van der Waals surface area (Å²) in [6.07, 6.45) is 5.22. The molecule has 1 heterocycles. The molecular weight excluding hydrogens is 214 g/mol. The van der Waals surface area contributed by atoms with Crippen LogP contribution < -0.4 is 5.32 Å². The molecule has 2 rings (SSSR count). The number of benzene rings is 1. The van der Waals surface area contributed by atoms with Crippen molar-refractivity contribution in [1.82, 2.24) is 5.32 Å². The van der Waals surface area contributed by atoms with Crippen molar-refractivity contribution < 1.29 is 0 Å². The standard InChI is InChI=1S/C14H21NS/c1-2-6-13(7-3-1)8-4-10-15-14-9-5-11-16-12-14/h1-3,6-7,14-15H,4-5,8-12H2. The number of nitrogens with one attached hydrogen (secondary N) is 1. The highest BCUT2D eigenvalue weighted by atomic mass is 32.2. The Balaban J connectivity index is 1.58. The van der Waals surface area contributed by atoms with E-state index in [1.165, 1.54) is 49.3 Å². The second-order valence-corrected chi connectivity index (χ2v) is 5.61. The summed E-state index contributed by atoms with van der Waals surface area (Å²) in [4.78, 5) is 0. The highest BCUT2D eigenvalue weighted by Crippen LogP contribution is 2.16. The van der Waals surface area contributed by atoms with Crippen LogP contribution in [0.2, 0.25) is 0 Å². The van der Waals surface area contributed by atoms with Gasteiger partial charge in [-0.2, -0.15) is 11.8 Å². The topological polar surface area (TPSA) is 12.0 Å². The van der Waals surface area contributed by atoms with Gasteiger partial charge in [0.25, 0.3) is 0 Å². The van der Waals surface area contributed by atoms with E-state index in [0.29, 0.717) is 0 Å². The van der Waals surface area contributed by atoms with Crippen LogP contribution in [0.5, 0.6) is 0 Å². The molecule has 88 valence electrons. The second-order valence-electron chi connectivity index (χ2n) is 4.46. The Kier molecular flexibility index (Phi) is 5.23. The normalized spacial score (nSPS) is 20.9. The molecule has 1 nitrogen and oxygen atoms in total.